The van der Waals surface area contributed by atoms with Gasteiger partial charge < -0.3 is 15.8 Å². The number of nitrogens with one attached hydrogen (secondary N) is 1. The number of ether oxygens (including phenoxy) is 1. The van der Waals surface area contributed by atoms with Crippen molar-refractivity contribution >= 4 is 33.0 Å². The third-order valence-corrected chi connectivity index (χ3v) is 4.71. The smallest absolute Gasteiger partial charge is 0.261 e. The summed E-state index contributed by atoms with van der Waals surface area (Å²) in [5.41, 5.74) is 6.48. The fraction of sp³-hybridized carbons (Fsp3) is 0.400. The number of amides is 1. The molecule has 1 heterocycles. The normalized spacial score (nSPS) is 21.6. The summed E-state index contributed by atoms with van der Waals surface area (Å²) in [5.74, 6) is 0.00437. The zero-order valence-electron chi connectivity index (χ0n) is 11.4. The SMILES string of the molecule is CCOC1CC(NC(=O)c2cc3cc(N)ccc3s2)C1. The Bertz CT molecular complexity index is 632. The number of hydrogen-bond donors (Lipinski definition) is 2. The maximum Gasteiger partial charge on any atom is 0.261 e. The minimum atomic E-state index is 0.00437. The molecule has 4 nitrogen and oxygen atoms in total. The van der Waals surface area contributed by atoms with Crippen LogP contribution in [0.5, 0.6) is 0 Å². The van der Waals surface area contributed by atoms with Crippen LogP contribution in [0, 0.1) is 0 Å². The van der Waals surface area contributed by atoms with Gasteiger partial charge in [-0.05, 0) is 49.4 Å². The Morgan fingerprint density at radius 3 is 3.00 bits per heavy atom. The van der Waals surface area contributed by atoms with E-state index in [4.69, 9.17) is 10.5 Å². The summed E-state index contributed by atoms with van der Waals surface area (Å²) in [6.45, 7) is 2.73. The Morgan fingerprint density at radius 1 is 1.45 bits per heavy atom. The maximum absolute atomic E-state index is 12.2. The van der Waals surface area contributed by atoms with Gasteiger partial charge in [0.1, 0.15) is 0 Å². The minimum Gasteiger partial charge on any atom is -0.399 e. The Morgan fingerprint density at radius 2 is 2.25 bits per heavy atom. The first-order valence-electron chi connectivity index (χ1n) is 6.87. The summed E-state index contributed by atoms with van der Waals surface area (Å²) in [6, 6.07) is 7.87. The molecule has 20 heavy (non-hydrogen) atoms. The number of carbonyl (C=O) groups is 1. The molecule has 0 aliphatic heterocycles. The van der Waals surface area contributed by atoms with E-state index in [1.165, 1.54) is 11.3 Å². The van der Waals surface area contributed by atoms with Crippen LogP contribution in [0.2, 0.25) is 0 Å². The van der Waals surface area contributed by atoms with Gasteiger partial charge in [0, 0.05) is 23.0 Å². The van der Waals surface area contributed by atoms with E-state index in [9.17, 15) is 4.79 Å². The van der Waals surface area contributed by atoms with Crippen molar-refractivity contribution in [2.45, 2.75) is 31.9 Å². The van der Waals surface area contributed by atoms with Crippen molar-refractivity contribution in [3.8, 4) is 0 Å². The maximum atomic E-state index is 12.2. The molecule has 5 heteroatoms. The molecule has 1 saturated carbocycles. The zero-order chi connectivity index (χ0) is 14.1. The molecular formula is C15H18N2O2S. The third-order valence-electron chi connectivity index (χ3n) is 3.60. The lowest BCUT2D eigenvalue weighted by Crippen LogP contribution is -2.47. The Labute approximate surface area is 121 Å². The van der Waals surface area contributed by atoms with Crippen molar-refractivity contribution in [2.75, 3.05) is 12.3 Å². The van der Waals surface area contributed by atoms with E-state index in [0.29, 0.717) is 6.10 Å². The fourth-order valence-electron chi connectivity index (χ4n) is 2.49. The van der Waals surface area contributed by atoms with E-state index in [1.807, 2.05) is 31.2 Å². The standard InChI is InChI=1S/C15H18N2O2S/c1-2-19-12-7-11(8-12)17-15(18)14-6-9-5-10(16)3-4-13(9)20-14/h3-6,11-12H,2,7-8,16H2,1H3,(H,17,18). The topological polar surface area (TPSA) is 64.3 Å². The van der Waals surface area contributed by atoms with Crippen LogP contribution in [-0.4, -0.2) is 24.7 Å². The van der Waals surface area contributed by atoms with E-state index in [0.717, 1.165) is 40.1 Å². The summed E-state index contributed by atoms with van der Waals surface area (Å²) in [7, 11) is 0. The van der Waals surface area contributed by atoms with Crippen LogP contribution in [0.4, 0.5) is 5.69 Å². The Balaban J connectivity index is 1.64. The molecular weight excluding hydrogens is 272 g/mol. The second-order valence-corrected chi connectivity index (χ2v) is 6.21. The average molecular weight is 290 g/mol. The van der Waals surface area contributed by atoms with Gasteiger partial charge in [0.2, 0.25) is 0 Å². The van der Waals surface area contributed by atoms with Gasteiger partial charge in [0.15, 0.2) is 0 Å². The predicted octanol–water partition coefficient (Wildman–Crippen LogP) is 2.78. The molecule has 0 radical (unpaired) electrons. The van der Waals surface area contributed by atoms with Gasteiger partial charge in [-0.25, -0.2) is 0 Å². The van der Waals surface area contributed by atoms with Crippen LogP contribution >= 0.6 is 11.3 Å². The number of anilines is 1. The second kappa shape index (κ2) is 5.42. The number of fused-ring (bicyclic) bond motifs is 1. The minimum absolute atomic E-state index is 0.00437. The molecule has 3 rings (SSSR count). The van der Waals surface area contributed by atoms with Gasteiger partial charge in [-0.1, -0.05) is 0 Å². The number of benzene rings is 1. The highest BCUT2D eigenvalue weighted by Crippen LogP contribution is 2.28. The molecule has 1 aromatic heterocycles. The molecule has 1 fully saturated rings. The lowest BCUT2D eigenvalue weighted by molar-refractivity contribution is -0.00858. The van der Waals surface area contributed by atoms with Crippen LogP contribution in [0.15, 0.2) is 24.3 Å². The quantitative estimate of drug-likeness (QED) is 0.851. The molecule has 0 atom stereocenters. The van der Waals surface area contributed by atoms with Gasteiger partial charge in [-0.3, -0.25) is 4.79 Å². The fourth-order valence-corrected chi connectivity index (χ4v) is 3.43. The van der Waals surface area contributed by atoms with Crippen LogP contribution in [0.25, 0.3) is 10.1 Å². The number of hydrogen-bond acceptors (Lipinski definition) is 4. The summed E-state index contributed by atoms with van der Waals surface area (Å²) in [4.78, 5) is 12.9. The number of carbonyl (C=O) groups excluding carboxylic acids is 1. The van der Waals surface area contributed by atoms with Crippen molar-refractivity contribution < 1.29 is 9.53 Å². The van der Waals surface area contributed by atoms with Crippen molar-refractivity contribution in [1.29, 1.82) is 0 Å². The van der Waals surface area contributed by atoms with Crippen molar-refractivity contribution in [1.82, 2.24) is 5.32 Å². The van der Waals surface area contributed by atoms with Crippen molar-refractivity contribution in [2.24, 2.45) is 0 Å². The molecule has 1 aliphatic rings. The van der Waals surface area contributed by atoms with Crippen LogP contribution in [-0.2, 0) is 4.74 Å². The summed E-state index contributed by atoms with van der Waals surface area (Å²) >= 11 is 1.50. The van der Waals surface area contributed by atoms with Crippen molar-refractivity contribution in [3.63, 3.8) is 0 Å². The van der Waals surface area contributed by atoms with Gasteiger partial charge in [-0.15, -0.1) is 11.3 Å². The molecule has 106 valence electrons. The first-order valence-corrected chi connectivity index (χ1v) is 7.69. The number of rotatable bonds is 4. The lowest BCUT2D eigenvalue weighted by atomic mass is 9.89. The van der Waals surface area contributed by atoms with Crippen LogP contribution < -0.4 is 11.1 Å². The monoisotopic (exact) mass is 290 g/mol. The summed E-state index contributed by atoms with van der Waals surface area (Å²) in [5, 5.41) is 4.09. The van der Waals surface area contributed by atoms with Gasteiger partial charge >= 0.3 is 0 Å². The van der Waals surface area contributed by atoms with E-state index < -0.39 is 0 Å². The summed E-state index contributed by atoms with van der Waals surface area (Å²) in [6.07, 6.45) is 2.14. The van der Waals surface area contributed by atoms with E-state index in [2.05, 4.69) is 5.32 Å². The first kappa shape index (κ1) is 13.4. The molecule has 1 aromatic carbocycles. The molecule has 2 aromatic rings. The Kier molecular flexibility index (Phi) is 3.63. The highest BCUT2D eigenvalue weighted by atomic mass is 32.1. The summed E-state index contributed by atoms with van der Waals surface area (Å²) < 4.78 is 6.58. The average Bonchev–Trinajstić information content (AvgIpc) is 2.79. The lowest BCUT2D eigenvalue weighted by Gasteiger charge is -2.35. The number of nitrogen functional groups attached to an aromatic ring is 1. The van der Waals surface area contributed by atoms with Crippen molar-refractivity contribution in [3.05, 3.63) is 29.1 Å². The molecule has 0 spiro atoms. The molecule has 0 unspecified atom stereocenters. The third kappa shape index (κ3) is 2.64. The Hall–Kier alpha value is -1.59. The first-order chi connectivity index (χ1) is 9.65. The molecule has 3 N–H and O–H groups in total. The molecule has 0 bridgehead atoms. The molecule has 1 amide bonds. The van der Waals surface area contributed by atoms with Gasteiger partial charge in [-0.2, -0.15) is 0 Å². The molecule has 0 saturated heterocycles. The zero-order valence-corrected chi connectivity index (χ0v) is 12.2. The highest BCUT2D eigenvalue weighted by Gasteiger charge is 2.31. The highest BCUT2D eigenvalue weighted by molar-refractivity contribution is 7.20. The number of thiophene rings is 1. The number of nitrogens with two attached hydrogens (primary N) is 1. The largest absolute Gasteiger partial charge is 0.399 e. The van der Waals surface area contributed by atoms with Crippen LogP contribution in [0.1, 0.15) is 29.4 Å². The van der Waals surface area contributed by atoms with E-state index >= 15 is 0 Å². The van der Waals surface area contributed by atoms with Crippen LogP contribution in [0.3, 0.4) is 0 Å². The second-order valence-electron chi connectivity index (χ2n) is 5.13. The van der Waals surface area contributed by atoms with Gasteiger partial charge in [0.25, 0.3) is 5.91 Å². The predicted molar refractivity (Wildman–Crippen MR) is 82.1 cm³/mol. The molecule has 1 aliphatic carbocycles. The van der Waals surface area contributed by atoms with Gasteiger partial charge in [0.05, 0.1) is 11.0 Å². The van der Waals surface area contributed by atoms with E-state index in [-0.39, 0.29) is 11.9 Å². The van der Waals surface area contributed by atoms with E-state index in [1.54, 1.807) is 0 Å².